The lowest BCUT2D eigenvalue weighted by molar-refractivity contribution is 0.0790. The van der Waals surface area contributed by atoms with Crippen LogP contribution < -0.4 is 0 Å². The number of rotatable bonds is 3. The standard InChI is InChI=1S/C17H20ClFN2O2/c1-12(2)10-23-16(22)21-7-5-17(11-20,6-8-21)14-4-3-13(18)9-15(14)19/h3-4,9,12H,5-8,10H2,1-2H3. The van der Waals surface area contributed by atoms with Gasteiger partial charge in [0, 0.05) is 23.7 Å². The maximum Gasteiger partial charge on any atom is 0.409 e. The number of nitriles is 1. The zero-order valence-corrected chi connectivity index (χ0v) is 14.1. The molecule has 1 aliphatic rings. The van der Waals surface area contributed by atoms with Crippen LogP contribution in [0.1, 0.15) is 32.3 Å². The molecule has 23 heavy (non-hydrogen) atoms. The maximum atomic E-state index is 14.2. The van der Waals surface area contributed by atoms with Gasteiger partial charge in [-0.1, -0.05) is 31.5 Å². The number of hydrogen-bond donors (Lipinski definition) is 0. The van der Waals surface area contributed by atoms with E-state index >= 15 is 0 Å². The average Bonchev–Trinajstić information content (AvgIpc) is 2.52. The molecule has 1 aromatic carbocycles. The zero-order chi connectivity index (χ0) is 17.0. The summed E-state index contributed by atoms with van der Waals surface area (Å²) in [5.74, 6) is -0.208. The Hall–Kier alpha value is -1.80. The maximum absolute atomic E-state index is 14.2. The number of halogens is 2. The summed E-state index contributed by atoms with van der Waals surface area (Å²) in [4.78, 5) is 13.6. The van der Waals surface area contributed by atoms with Crippen molar-refractivity contribution in [1.29, 1.82) is 5.26 Å². The second-order valence-electron chi connectivity index (χ2n) is 6.28. The molecule has 0 aromatic heterocycles. The molecule has 0 radical (unpaired) electrons. The smallest absolute Gasteiger partial charge is 0.409 e. The van der Waals surface area contributed by atoms with E-state index in [-0.39, 0.29) is 12.0 Å². The van der Waals surface area contributed by atoms with Gasteiger partial charge in [0.2, 0.25) is 0 Å². The van der Waals surface area contributed by atoms with Crippen molar-refractivity contribution in [2.75, 3.05) is 19.7 Å². The zero-order valence-electron chi connectivity index (χ0n) is 13.3. The van der Waals surface area contributed by atoms with Crippen molar-refractivity contribution in [1.82, 2.24) is 4.90 Å². The number of carbonyl (C=O) groups is 1. The van der Waals surface area contributed by atoms with Crippen LogP contribution in [0.15, 0.2) is 18.2 Å². The highest BCUT2D eigenvalue weighted by Crippen LogP contribution is 2.37. The van der Waals surface area contributed by atoms with Crippen LogP contribution in [0.4, 0.5) is 9.18 Å². The van der Waals surface area contributed by atoms with E-state index < -0.39 is 11.2 Å². The lowest BCUT2D eigenvalue weighted by Gasteiger charge is -2.37. The molecule has 1 fully saturated rings. The summed E-state index contributed by atoms with van der Waals surface area (Å²) >= 11 is 5.78. The predicted octanol–water partition coefficient (Wildman–Crippen LogP) is 4.13. The van der Waals surface area contributed by atoms with Gasteiger partial charge >= 0.3 is 6.09 Å². The van der Waals surface area contributed by atoms with E-state index in [2.05, 4.69) is 6.07 Å². The molecule has 0 bridgehead atoms. The number of likely N-dealkylation sites (tertiary alicyclic amines) is 1. The lowest BCUT2D eigenvalue weighted by Crippen LogP contribution is -2.45. The van der Waals surface area contributed by atoms with Crippen molar-refractivity contribution in [3.63, 3.8) is 0 Å². The van der Waals surface area contributed by atoms with Gasteiger partial charge in [-0.3, -0.25) is 0 Å². The Morgan fingerprint density at radius 3 is 2.65 bits per heavy atom. The van der Waals surface area contributed by atoms with Crippen LogP contribution in [-0.2, 0) is 10.2 Å². The highest BCUT2D eigenvalue weighted by atomic mass is 35.5. The summed E-state index contributed by atoms with van der Waals surface area (Å²) in [5.41, 5.74) is -0.580. The van der Waals surface area contributed by atoms with Crippen molar-refractivity contribution < 1.29 is 13.9 Å². The van der Waals surface area contributed by atoms with Gasteiger partial charge in [0.25, 0.3) is 0 Å². The fourth-order valence-corrected chi connectivity index (χ4v) is 2.88. The van der Waals surface area contributed by atoms with Gasteiger partial charge in [-0.15, -0.1) is 0 Å². The molecule has 1 saturated heterocycles. The summed E-state index contributed by atoms with van der Waals surface area (Å²) in [7, 11) is 0. The Morgan fingerprint density at radius 1 is 1.48 bits per heavy atom. The van der Waals surface area contributed by atoms with Crippen LogP contribution >= 0.6 is 11.6 Å². The highest BCUT2D eigenvalue weighted by Gasteiger charge is 2.40. The fourth-order valence-electron chi connectivity index (χ4n) is 2.72. The van der Waals surface area contributed by atoms with Gasteiger partial charge in [-0.25, -0.2) is 9.18 Å². The van der Waals surface area contributed by atoms with Gasteiger partial charge in [0.15, 0.2) is 0 Å². The van der Waals surface area contributed by atoms with Gasteiger partial charge in [-0.05, 0) is 30.9 Å². The molecule has 0 N–H and O–H groups in total. The van der Waals surface area contributed by atoms with E-state index in [0.717, 1.165) is 0 Å². The summed E-state index contributed by atoms with van der Waals surface area (Å²) in [6, 6.07) is 6.61. The van der Waals surface area contributed by atoms with Crippen molar-refractivity contribution in [2.24, 2.45) is 5.92 Å². The first-order valence-electron chi connectivity index (χ1n) is 7.66. The van der Waals surface area contributed by atoms with Crippen LogP contribution in [0.5, 0.6) is 0 Å². The van der Waals surface area contributed by atoms with Gasteiger partial charge in [0.05, 0.1) is 18.1 Å². The lowest BCUT2D eigenvalue weighted by atomic mass is 9.74. The van der Waals surface area contributed by atoms with Crippen molar-refractivity contribution >= 4 is 17.7 Å². The monoisotopic (exact) mass is 338 g/mol. The Labute approximate surface area is 140 Å². The molecule has 1 aromatic rings. The molecule has 2 rings (SSSR count). The van der Waals surface area contributed by atoms with Gasteiger partial charge in [-0.2, -0.15) is 5.26 Å². The summed E-state index contributed by atoms with van der Waals surface area (Å²) < 4.78 is 19.4. The number of nitrogens with zero attached hydrogens (tertiary/aromatic N) is 2. The number of carbonyl (C=O) groups excluding carboxylic acids is 1. The van der Waals surface area contributed by atoms with Crippen LogP contribution in [-0.4, -0.2) is 30.7 Å². The molecule has 1 amide bonds. The second kappa shape index (κ2) is 7.18. The predicted molar refractivity (Wildman–Crippen MR) is 85.7 cm³/mol. The number of ether oxygens (including phenoxy) is 1. The second-order valence-corrected chi connectivity index (χ2v) is 6.71. The fraction of sp³-hybridized carbons (Fsp3) is 0.529. The van der Waals surface area contributed by atoms with E-state index in [4.69, 9.17) is 16.3 Å². The third kappa shape index (κ3) is 3.94. The molecule has 0 saturated carbocycles. The number of hydrogen-bond acceptors (Lipinski definition) is 3. The molecule has 0 aliphatic carbocycles. The molecular weight excluding hydrogens is 319 g/mol. The van der Waals surface area contributed by atoms with Crippen molar-refractivity contribution in [2.45, 2.75) is 32.1 Å². The first kappa shape index (κ1) is 17.6. The average molecular weight is 339 g/mol. The third-order valence-corrected chi connectivity index (χ3v) is 4.31. The first-order valence-corrected chi connectivity index (χ1v) is 8.04. The van der Waals surface area contributed by atoms with E-state index in [0.29, 0.717) is 43.1 Å². The molecule has 0 spiro atoms. The molecule has 124 valence electrons. The largest absolute Gasteiger partial charge is 0.449 e. The van der Waals surface area contributed by atoms with E-state index in [1.807, 2.05) is 13.8 Å². The molecule has 4 nitrogen and oxygen atoms in total. The van der Waals surface area contributed by atoms with E-state index in [1.54, 1.807) is 17.0 Å². The summed E-state index contributed by atoms with van der Waals surface area (Å²) in [6.07, 6.45) is 0.374. The molecule has 0 unspecified atom stereocenters. The Bertz CT molecular complexity index is 620. The Morgan fingerprint density at radius 2 is 2.13 bits per heavy atom. The van der Waals surface area contributed by atoms with Crippen LogP contribution in [0.25, 0.3) is 0 Å². The van der Waals surface area contributed by atoms with E-state index in [1.165, 1.54) is 6.07 Å². The van der Waals surface area contributed by atoms with E-state index in [9.17, 15) is 14.4 Å². The minimum Gasteiger partial charge on any atom is -0.449 e. The minimum absolute atomic E-state index is 0.269. The summed E-state index contributed by atoms with van der Waals surface area (Å²) in [5, 5.41) is 9.91. The Balaban J connectivity index is 2.08. The SMILES string of the molecule is CC(C)COC(=O)N1CCC(C#N)(c2ccc(Cl)cc2F)CC1. The molecule has 6 heteroatoms. The molecule has 1 aliphatic heterocycles. The minimum atomic E-state index is -0.927. The molecule has 0 atom stereocenters. The van der Waals surface area contributed by atoms with Crippen molar-refractivity contribution in [3.8, 4) is 6.07 Å². The third-order valence-electron chi connectivity index (χ3n) is 4.08. The number of piperidine rings is 1. The quantitative estimate of drug-likeness (QED) is 0.832. The number of amides is 1. The number of benzene rings is 1. The van der Waals surface area contributed by atoms with Crippen LogP contribution in [0, 0.1) is 23.1 Å². The summed E-state index contributed by atoms with van der Waals surface area (Å²) in [6.45, 7) is 5.03. The molecular formula is C17H20ClFN2O2. The van der Waals surface area contributed by atoms with Crippen LogP contribution in [0.3, 0.4) is 0 Å². The topological polar surface area (TPSA) is 53.3 Å². The highest BCUT2D eigenvalue weighted by molar-refractivity contribution is 6.30. The van der Waals surface area contributed by atoms with Gasteiger partial charge < -0.3 is 9.64 Å². The molecule has 1 heterocycles. The van der Waals surface area contributed by atoms with Gasteiger partial charge in [0.1, 0.15) is 5.82 Å². The van der Waals surface area contributed by atoms with Crippen molar-refractivity contribution in [3.05, 3.63) is 34.6 Å². The van der Waals surface area contributed by atoms with Crippen LogP contribution in [0.2, 0.25) is 5.02 Å². The normalized spacial score (nSPS) is 17.0. The Kier molecular flexibility index (Phi) is 5.48. The first-order chi connectivity index (χ1) is 10.9.